The lowest BCUT2D eigenvalue weighted by atomic mass is 10.2. The molecule has 9 heteroatoms. The first kappa shape index (κ1) is 19.2. The molecule has 1 fully saturated rings. The zero-order chi connectivity index (χ0) is 21.2. The Hall–Kier alpha value is -3.77. The fourth-order valence-electron chi connectivity index (χ4n) is 3.88. The van der Waals surface area contributed by atoms with E-state index < -0.39 is 0 Å². The van der Waals surface area contributed by atoms with Crippen LogP contribution in [0.25, 0.3) is 22.1 Å². The van der Waals surface area contributed by atoms with Crippen LogP contribution in [0, 0.1) is 11.8 Å². The molecule has 4 heterocycles. The van der Waals surface area contributed by atoms with Crippen LogP contribution < -0.4 is 15.8 Å². The summed E-state index contributed by atoms with van der Waals surface area (Å²) in [5, 5.41) is 7.73. The molecule has 1 aromatic carbocycles. The number of rotatable bonds is 4. The van der Waals surface area contributed by atoms with Gasteiger partial charge in [0.25, 0.3) is 5.56 Å². The Kier molecular flexibility index (Phi) is 5.06. The molecule has 0 aliphatic carbocycles. The lowest BCUT2D eigenvalue weighted by Gasteiger charge is -2.28. The number of imidazole rings is 1. The molecule has 5 rings (SSSR count). The number of piperazine rings is 1. The van der Waals surface area contributed by atoms with Crippen LogP contribution in [0.15, 0.2) is 41.6 Å². The van der Waals surface area contributed by atoms with Crippen LogP contribution >= 0.6 is 0 Å². The first-order valence-electron chi connectivity index (χ1n) is 10.3. The minimum Gasteiger partial charge on any atom is -0.340 e. The molecule has 1 saturated heterocycles. The van der Waals surface area contributed by atoms with Crippen molar-refractivity contribution >= 4 is 28.0 Å². The molecule has 9 nitrogen and oxygen atoms in total. The van der Waals surface area contributed by atoms with E-state index in [0.717, 1.165) is 48.7 Å². The predicted molar refractivity (Wildman–Crippen MR) is 119 cm³/mol. The average molecular weight is 414 g/mol. The van der Waals surface area contributed by atoms with Gasteiger partial charge in [0.05, 0.1) is 30.3 Å². The van der Waals surface area contributed by atoms with Crippen LogP contribution in [-0.4, -0.2) is 55.5 Å². The summed E-state index contributed by atoms with van der Waals surface area (Å²) in [5.41, 5.74) is 3.49. The molecule has 0 saturated carbocycles. The Bertz CT molecular complexity index is 1370. The zero-order valence-electron chi connectivity index (χ0n) is 17.2. The summed E-state index contributed by atoms with van der Waals surface area (Å²) in [6.45, 7) is 6.00. The normalized spacial score (nSPS) is 14.0. The fourth-order valence-corrected chi connectivity index (χ4v) is 3.88. The summed E-state index contributed by atoms with van der Waals surface area (Å²) in [5.74, 6) is 6.79. The van der Waals surface area contributed by atoms with Crippen molar-refractivity contribution in [1.82, 2.24) is 34.6 Å². The SMILES string of the molecule is CC#CCn1c(N2CCNCC2)nc2cnn(Cc3ccc4nccnc4c3)c(=O)c21. The van der Waals surface area contributed by atoms with E-state index in [9.17, 15) is 4.79 Å². The van der Waals surface area contributed by atoms with Gasteiger partial charge in [-0.05, 0) is 24.6 Å². The van der Waals surface area contributed by atoms with Crippen molar-refractivity contribution in [3.63, 3.8) is 0 Å². The minimum absolute atomic E-state index is 0.177. The molecule has 156 valence electrons. The third-order valence-electron chi connectivity index (χ3n) is 5.41. The van der Waals surface area contributed by atoms with E-state index in [-0.39, 0.29) is 5.56 Å². The van der Waals surface area contributed by atoms with Crippen LogP contribution in [0.1, 0.15) is 12.5 Å². The lowest BCUT2D eigenvalue weighted by molar-refractivity contribution is 0.572. The molecule has 0 unspecified atom stereocenters. The van der Waals surface area contributed by atoms with Crippen molar-refractivity contribution in [3.05, 3.63) is 52.7 Å². The molecule has 31 heavy (non-hydrogen) atoms. The minimum atomic E-state index is -0.177. The van der Waals surface area contributed by atoms with Crippen molar-refractivity contribution in [2.45, 2.75) is 20.0 Å². The van der Waals surface area contributed by atoms with Crippen molar-refractivity contribution < 1.29 is 0 Å². The zero-order valence-corrected chi connectivity index (χ0v) is 17.2. The van der Waals surface area contributed by atoms with E-state index in [1.807, 2.05) is 22.8 Å². The van der Waals surface area contributed by atoms with E-state index in [1.54, 1.807) is 25.5 Å². The molecular weight excluding hydrogens is 392 g/mol. The van der Waals surface area contributed by atoms with Crippen LogP contribution in [0.5, 0.6) is 0 Å². The predicted octanol–water partition coefficient (Wildman–Crippen LogP) is 1.02. The summed E-state index contributed by atoms with van der Waals surface area (Å²) < 4.78 is 3.39. The highest BCUT2D eigenvalue weighted by Crippen LogP contribution is 2.20. The first-order chi connectivity index (χ1) is 15.2. The van der Waals surface area contributed by atoms with Crippen LogP contribution in [-0.2, 0) is 13.1 Å². The fraction of sp³-hybridized carbons (Fsp3) is 0.318. The molecule has 0 spiro atoms. The first-order valence-corrected chi connectivity index (χ1v) is 10.3. The van der Waals surface area contributed by atoms with Crippen LogP contribution in [0.2, 0.25) is 0 Å². The highest BCUT2D eigenvalue weighted by atomic mass is 16.1. The van der Waals surface area contributed by atoms with Gasteiger partial charge >= 0.3 is 0 Å². The molecule has 0 atom stereocenters. The van der Waals surface area contributed by atoms with E-state index in [4.69, 9.17) is 4.98 Å². The van der Waals surface area contributed by atoms with Gasteiger partial charge in [-0.3, -0.25) is 19.3 Å². The second-order valence-electron chi connectivity index (χ2n) is 7.38. The van der Waals surface area contributed by atoms with Crippen LogP contribution in [0.4, 0.5) is 5.95 Å². The Morgan fingerprint density at radius 1 is 1.10 bits per heavy atom. The number of aromatic nitrogens is 6. The number of hydrogen-bond acceptors (Lipinski definition) is 7. The number of anilines is 1. The van der Waals surface area contributed by atoms with Gasteiger partial charge in [-0.2, -0.15) is 5.10 Å². The maximum Gasteiger partial charge on any atom is 0.293 e. The van der Waals surface area contributed by atoms with E-state index in [0.29, 0.717) is 24.1 Å². The molecule has 0 bridgehead atoms. The Labute approximate surface area is 178 Å². The van der Waals surface area contributed by atoms with E-state index >= 15 is 0 Å². The van der Waals surface area contributed by atoms with E-state index in [2.05, 4.69) is 37.1 Å². The molecule has 3 aromatic heterocycles. The number of fused-ring (bicyclic) bond motifs is 2. The number of nitrogens with one attached hydrogen (secondary N) is 1. The molecule has 1 N–H and O–H groups in total. The summed E-state index contributed by atoms with van der Waals surface area (Å²) in [7, 11) is 0. The third-order valence-corrected chi connectivity index (χ3v) is 5.41. The quantitative estimate of drug-likeness (QED) is 0.498. The lowest BCUT2D eigenvalue weighted by Crippen LogP contribution is -2.44. The largest absolute Gasteiger partial charge is 0.340 e. The van der Waals surface area contributed by atoms with Crippen molar-refractivity contribution in [2.75, 3.05) is 31.1 Å². The summed E-state index contributed by atoms with van der Waals surface area (Å²) >= 11 is 0. The standard InChI is InChI=1S/C22H22N8O/c1-2-3-10-29-20-19(27-22(29)28-11-8-23-9-12-28)14-26-30(21(20)31)15-16-4-5-17-18(13-16)25-7-6-24-17/h4-7,13-14,23H,8-12,15H2,1H3. The second-order valence-corrected chi connectivity index (χ2v) is 7.38. The molecule has 4 aromatic rings. The Balaban J connectivity index is 1.58. The maximum absolute atomic E-state index is 13.4. The van der Waals surface area contributed by atoms with Gasteiger partial charge in [0, 0.05) is 38.6 Å². The summed E-state index contributed by atoms with van der Waals surface area (Å²) in [6.07, 6.45) is 4.99. The topological polar surface area (TPSA) is 93.8 Å². The highest BCUT2D eigenvalue weighted by molar-refractivity contribution is 5.77. The summed E-state index contributed by atoms with van der Waals surface area (Å²) in [6, 6.07) is 5.79. The summed E-state index contributed by atoms with van der Waals surface area (Å²) in [4.78, 5) is 29.0. The number of nitrogens with zero attached hydrogens (tertiary/aromatic N) is 7. The monoisotopic (exact) mass is 414 g/mol. The smallest absolute Gasteiger partial charge is 0.293 e. The number of benzene rings is 1. The molecular formula is C22H22N8O. The Morgan fingerprint density at radius 2 is 1.90 bits per heavy atom. The van der Waals surface area contributed by atoms with Gasteiger partial charge in [0.1, 0.15) is 11.0 Å². The molecule has 1 aliphatic heterocycles. The van der Waals surface area contributed by atoms with E-state index in [1.165, 1.54) is 4.68 Å². The van der Waals surface area contributed by atoms with Crippen molar-refractivity contribution in [1.29, 1.82) is 0 Å². The van der Waals surface area contributed by atoms with Gasteiger partial charge in [-0.15, -0.1) is 5.92 Å². The van der Waals surface area contributed by atoms with Gasteiger partial charge in [0.15, 0.2) is 0 Å². The Morgan fingerprint density at radius 3 is 2.71 bits per heavy atom. The molecule has 0 radical (unpaired) electrons. The van der Waals surface area contributed by atoms with Gasteiger partial charge in [0.2, 0.25) is 5.95 Å². The molecule has 1 aliphatic rings. The average Bonchev–Trinajstić information content (AvgIpc) is 3.19. The molecule has 0 amide bonds. The van der Waals surface area contributed by atoms with Gasteiger partial charge < -0.3 is 10.2 Å². The van der Waals surface area contributed by atoms with Crippen molar-refractivity contribution in [2.24, 2.45) is 0 Å². The van der Waals surface area contributed by atoms with Gasteiger partial charge in [-0.25, -0.2) is 9.67 Å². The highest BCUT2D eigenvalue weighted by Gasteiger charge is 2.21. The third kappa shape index (κ3) is 3.62. The van der Waals surface area contributed by atoms with Gasteiger partial charge in [-0.1, -0.05) is 12.0 Å². The maximum atomic E-state index is 13.4. The van der Waals surface area contributed by atoms with Crippen molar-refractivity contribution in [3.8, 4) is 11.8 Å². The number of hydrogen-bond donors (Lipinski definition) is 1. The second kappa shape index (κ2) is 8.16. The van der Waals surface area contributed by atoms with Crippen LogP contribution in [0.3, 0.4) is 0 Å².